The van der Waals surface area contributed by atoms with E-state index in [9.17, 15) is 9.90 Å². The van der Waals surface area contributed by atoms with Crippen molar-refractivity contribution in [2.75, 3.05) is 26.9 Å². The van der Waals surface area contributed by atoms with Gasteiger partial charge in [-0.2, -0.15) is 5.10 Å². The molecule has 0 radical (unpaired) electrons. The Morgan fingerprint density at radius 3 is 2.75 bits per heavy atom. The van der Waals surface area contributed by atoms with E-state index in [-0.39, 0.29) is 11.9 Å². The number of aromatic amines is 1. The molecule has 0 aliphatic carbocycles. The van der Waals surface area contributed by atoms with E-state index in [0.29, 0.717) is 42.5 Å². The Hall–Kier alpha value is -3.69. The van der Waals surface area contributed by atoms with Crippen molar-refractivity contribution in [3.05, 3.63) is 54.1 Å². The van der Waals surface area contributed by atoms with Gasteiger partial charge in [0.1, 0.15) is 23.7 Å². The van der Waals surface area contributed by atoms with Crippen molar-refractivity contribution in [2.45, 2.75) is 38.3 Å². The third kappa shape index (κ3) is 4.72. The molecule has 1 saturated heterocycles. The lowest BCUT2D eigenvalue weighted by molar-refractivity contribution is 0.000337. The van der Waals surface area contributed by atoms with E-state index in [1.165, 1.54) is 0 Å². The van der Waals surface area contributed by atoms with Crippen molar-refractivity contribution in [3.63, 3.8) is 0 Å². The molecule has 1 amide bonds. The van der Waals surface area contributed by atoms with Crippen LogP contribution in [0.3, 0.4) is 0 Å². The molecule has 2 aromatic carbocycles. The van der Waals surface area contributed by atoms with Gasteiger partial charge < -0.3 is 24.0 Å². The third-order valence-electron chi connectivity index (χ3n) is 6.59. The van der Waals surface area contributed by atoms with E-state index in [1.54, 1.807) is 38.0 Å². The van der Waals surface area contributed by atoms with E-state index in [1.807, 2.05) is 36.4 Å². The van der Waals surface area contributed by atoms with Crippen LogP contribution in [-0.2, 0) is 4.74 Å². The topological polar surface area (TPSA) is 114 Å². The number of ether oxygens (including phenoxy) is 2. The smallest absolute Gasteiger partial charge is 0.254 e. The number of carbonyl (C=O) groups is 1. The van der Waals surface area contributed by atoms with Crippen LogP contribution in [0.2, 0.25) is 0 Å². The Bertz CT molecular complexity index is 1350. The normalized spacial score (nSPS) is 16.1. The van der Waals surface area contributed by atoms with E-state index < -0.39 is 5.60 Å². The molecule has 0 bridgehead atoms. The summed E-state index contributed by atoms with van der Waals surface area (Å²) in [6, 6.07) is 14.6. The van der Waals surface area contributed by atoms with Crippen LogP contribution in [0.25, 0.3) is 33.6 Å². The zero-order valence-corrected chi connectivity index (χ0v) is 20.7. The molecule has 1 fully saturated rings. The van der Waals surface area contributed by atoms with Crippen molar-refractivity contribution < 1.29 is 23.9 Å². The van der Waals surface area contributed by atoms with Gasteiger partial charge >= 0.3 is 0 Å². The number of carbonyl (C=O) groups excluding carboxylic acids is 1. The van der Waals surface area contributed by atoms with E-state index in [0.717, 1.165) is 35.1 Å². The summed E-state index contributed by atoms with van der Waals surface area (Å²) in [5.41, 5.74) is 2.61. The minimum atomic E-state index is -0.932. The van der Waals surface area contributed by atoms with Crippen LogP contribution in [-0.4, -0.2) is 69.8 Å². The van der Waals surface area contributed by atoms with Crippen LogP contribution >= 0.6 is 0 Å². The van der Waals surface area contributed by atoms with Gasteiger partial charge in [0.05, 0.1) is 23.8 Å². The Kier molecular flexibility index (Phi) is 6.51. The van der Waals surface area contributed by atoms with Crippen molar-refractivity contribution in [3.8, 4) is 28.5 Å². The maximum absolute atomic E-state index is 13.1. The first-order valence-corrected chi connectivity index (χ1v) is 12.1. The fourth-order valence-electron chi connectivity index (χ4n) is 4.74. The first-order chi connectivity index (χ1) is 17.3. The fraction of sp³-hybridized carbons (Fsp3) is 0.370. The predicted molar refractivity (Wildman–Crippen MR) is 135 cm³/mol. The number of hydrogen-bond donors (Lipinski definition) is 2. The highest BCUT2D eigenvalue weighted by atomic mass is 16.5. The Morgan fingerprint density at radius 2 is 2.00 bits per heavy atom. The predicted octanol–water partition coefficient (Wildman–Crippen LogP) is 4.29. The number of hydrogen-bond acceptors (Lipinski definition) is 7. The summed E-state index contributed by atoms with van der Waals surface area (Å²) in [5.74, 6) is 1.19. The van der Waals surface area contributed by atoms with Crippen LogP contribution in [0.1, 0.15) is 37.0 Å². The Morgan fingerprint density at radius 1 is 1.19 bits per heavy atom. The molecular weight excluding hydrogens is 460 g/mol. The van der Waals surface area contributed by atoms with Crippen LogP contribution in [0, 0.1) is 0 Å². The van der Waals surface area contributed by atoms with Crippen molar-refractivity contribution in [1.29, 1.82) is 0 Å². The van der Waals surface area contributed by atoms with E-state index in [2.05, 4.69) is 15.4 Å². The van der Waals surface area contributed by atoms with Crippen molar-refractivity contribution in [1.82, 2.24) is 20.3 Å². The quantitative estimate of drug-likeness (QED) is 0.354. The van der Waals surface area contributed by atoms with Gasteiger partial charge in [0, 0.05) is 42.3 Å². The molecular formula is C27H30N4O5. The molecule has 4 aromatic rings. The first kappa shape index (κ1) is 24.0. The van der Waals surface area contributed by atoms with Crippen LogP contribution < -0.4 is 4.74 Å². The minimum Gasteiger partial charge on any atom is -0.491 e. The highest BCUT2D eigenvalue weighted by molar-refractivity contribution is 5.95. The van der Waals surface area contributed by atoms with Gasteiger partial charge in [-0.25, -0.2) is 0 Å². The maximum Gasteiger partial charge on any atom is 0.254 e. The van der Waals surface area contributed by atoms with Gasteiger partial charge in [0.25, 0.3) is 5.91 Å². The average molecular weight is 491 g/mol. The number of aromatic nitrogens is 3. The second-order valence-electron chi connectivity index (χ2n) is 9.58. The number of benzene rings is 2. The standard InChI is InChI=1S/C27H30N4O5/c1-27(2,33)24-5-4-12-31(24)26(32)18-8-6-17(7-9-18)21-16-23(36-30-21)25-20-11-10-19(35-14-13-34-3)15-22(20)28-29-25/h6-11,15-16,24,33H,4-5,12-14H2,1-3H3,(H,28,29)/t24-/m1/s1. The highest BCUT2D eigenvalue weighted by Gasteiger charge is 2.38. The number of amides is 1. The van der Waals surface area contributed by atoms with E-state index >= 15 is 0 Å². The molecule has 9 nitrogen and oxygen atoms in total. The maximum atomic E-state index is 13.1. The number of aliphatic hydroxyl groups is 1. The molecule has 2 N–H and O–H groups in total. The van der Waals surface area contributed by atoms with Crippen LogP contribution in [0.5, 0.6) is 5.75 Å². The number of H-pyrrole nitrogens is 1. The molecule has 0 spiro atoms. The summed E-state index contributed by atoms with van der Waals surface area (Å²) in [5, 5.41) is 23.0. The number of nitrogens with one attached hydrogen (secondary N) is 1. The molecule has 1 atom stereocenters. The molecule has 2 aromatic heterocycles. The van der Waals surface area contributed by atoms with Crippen LogP contribution in [0.15, 0.2) is 53.1 Å². The van der Waals surface area contributed by atoms with E-state index in [4.69, 9.17) is 14.0 Å². The summed E-state index contributed by atoms with van der Waals surface area (Å²) >= 11 is 0. The Labute approximate surface area is 209 Å². The summed E-state index contributed by atoms with van der Waals surface area (Å²) < 4.78 is 16.3. The minimum absolute atomic E-state index is 0.0689. The molecule has 1 aliphatic heterocycles. The zero-order valence-electron chi connectivity index (χ0n) is 20.7. The molecule has 3 heterocycles. The molecule has 36 heavy (non-hydrogen) atoms. The molecule has 5 rings (SSSR count). The summed E-state index contributed by atoms with van der Waals surface area (Å²) in [6.07, 6.45) is 1.70. The van der Waals surface area contributed by atoms with Gasteiger partial charge in [-0.05, 0) is 51.0 Å². The summed E-state index contributed by atoms with van der Waals surface area (Å²) in [4.78, 5) is 14.9. The van der Waals surface area contributed by atoms with Gasteiger partial charge in [0.15, 0.2) is 5.76 Å². The molecule has 188 valence electrons. The van der Waals surface area contributed by atoms with Gasteiger partial charge in [0.2, 0.25) is 0 Å². The second kappa shape index (κ2) is 9.75. The van der Waals surface area contributed by atoms with Gasteiger partial charge in [-0.1, -0.05) is 17.3 Å². The summed E-state index contributed by atoms with van der Waals surface area (Å²) in [6.45, 7) is 5.15. The zero-order chi connectivity index (χ0) is 25.3. The number of fused-ring (bicyclic) bond motifs is 1. The van der Waals surface area contributed by atoms with Crippen LogP contribution in [0.4, 0.5) is 0 Å². The molecule has 9 heteroatoms. The van der Waals surface area contributed by atoms with Crippen molar-refractivity contribution in [2.24, 2.45) is 0 Å². The Balaban J connectivity index is 1.32. The number of rotatable bonds is 8. The number of likely N-dealkylation sites (tertiary alicyclic amines) is 1. The largest absolute Gasteiger partial charge is 0.491 e. The fourth-order valence-corrected chi connectivity index (χ4v) is 4.74. The lowest BCUT2D eigenvalue weighted by Crippen LogP contribution is -2.48. The van der Waals surface area contributed by atoms with Gasteiger partial charge in [-0.15, -0.1) is 0 Å². The summed E-state index contributed by atoms with van der Waals surface area (Å²) in [7, 11) is 1.63. The lowest BCUT2D eigenvalue weighted by atomic mass is 9.96. The van der Waals surface area contributed by atoms with Crippen molar-refractivity contribution >= 4 is 16.8 Å². The third-order valence-corrected chi connectivity index (χ3v) is 6.59. The first-order valence-electron chi connectivity index (χ1n) is 12.1. The lowest BCUT2D eigenvalue weighted by Gasteiger charge is -2.33. The second-order valence-corrected chi connectivity index (χ2v) is 9.58. The molecule has 0 unspecified atom stereocenters. The van der Waals surface area contributed by atoms with Gasteiger partial charge in [-0.3, -0.25) is 9.89 Å². The molecule has 1 aliphatic rings. The highest BCUT2D eigenvalue weighted by Crippen LogP contribution is 2.32. The molecule has 0 saturated carbocycles. The monoisotopic (exact) mass is 490 g/mol. The SMILES string of the molecule is COCCOc1ccc2c(-c3cc(-c4ccc(C(=O)N5CCC[C@@H]5C(C)(C)O)cc4)no3)n[nH]c2c1. The number of nitrogens with zero attached hydrogens (tertiary/aromatic N) is 3. The average Bonchev–Trinajstić information content (AvgIpc) is 3.62. The number of methoxy groups -OCH3 is 1.